The van der Waals surface area contributed by atoms with Crippen LogP contribution in [0.1, 0.15) is 51.0 Å². The summed E-state index contributed by atoms with van der Waals surface area (Å²) in [7, 11) is 0. The van der Waals surface area contributed by atoms with E-state index in [1.807, 2.05) is 0 Å². The van der Waals surface area contributed by atoms with Crippen molar-refractivity contribution >= 4 is 0 Å². The van der Waals surface area contributed by atoms with Gasteiger partial charge in [-0.15, -0.1) is 0 Å². The van der Waals surface area contributed by atoms with E-state index < -0.39 is 0 Å². The van der Waals surface area contributed by atoms with Crippen molar-refractivity contribution in [2.75, 3.05) is 0 Å². The summed E-state index contributed by atoms with van der Waals surface area (Å²) in [5, 5.41) is 0. The molecule has 1 aromatic carbocycles. The topological polar surface area (TPSA) is 0 Å². The average molecular weight is 214 g/mol. The maximum Gasteiger partial charge on any atom is -0.0146 e. The van der Waals surface area contributed by atoms with E-state index in [-0.39, 0.29) is 0 Å². The Bertz CT molecular complexity index is 340. The Kier molecular flexibility index (Phi) is 3.48. The third-order valence-electron chi connectivity index (χ3n) is 3.97. The van der Waals surface area contributed by atoms with E-state index in [0.717, 1.165) is 5.92 Å². The molecular weight excluding hydrogens is 192 g/mol. The Labute approximate surface area is 99.4 Å². The van der Waals surface area contributed by atoms with Gasteiger partial charge >= 0.3 is 0 Å². The maximum absolute atomic E-state index is 2.40. The first kappa shape index (κ1) is 11.4. The standard InChI is InChI=1S/C16H22/c1-3-11-16(2)12-9-15(10-13-16)14-7-5-4-6-8-14/h3-8,11,15H,9-10,12-13H2,1-2H3/b11-3+. The Morgan fingerprint density at radius 1 is 1.12 bits per heavy atom. The van der Waals surface area contributed by atoms with Crippen LogP contribution in [0.3, 0.4) is 0 Å². The highest BCUT2D eigenvalue weighted by Crippen LogP contribution is 2.43. The van der Waals surface area contributed by atoms with Crippen LogP contribution in [0.4, 0.5) is 0 Å². The molecule has 0 N–H and O–H groups in total. The molecule has 0 spiro atoms. The Balaban J connectivity index is 2.00. The van der Waals surface area contributed by atoms with Gasteiger partial charge < -0.3 is 0 Å². The van der Waals surface area contributed by atoms with E-state index in [1.54, 1.807) is 0 Å². The molecule has 0 heterocycles. The molecule has 1 saturated carbocycles. The molecule has 0 aliphatic heterocycles. The number of rotatable bonds is 2. The molecule has 0 nitrogen and oxygen atoms in total. The largest absolute Gasteiger partial charge is 0.0911 e. The maximum atomic E-state index is 2.40. The van der Waals surface area contributed by atoms with E-state index in [4.69, 9.17) is 0 Å². The van der Waals surface area contributed by atoms with E-state index in [0.29, 0.717) is 5.41 Å². The lowest BCUT2D eigenvalue weighted by Crippen LogP contribution is -2.21. The summed E-state index contributed by atoms with van der Waals surface area (Å²) >= 11 is 0. The lowest BCUT2D eigenvalue weighted by molar-refractivity contribution is 0.261. The van der Waals surface area contributed by atoms with Crippen molar-refractivity contribution in [2.45, 2.75) is 45.4 Å². The molecule has 0 atom stereocenters. The van der Waals surface area contributed by atoms with Gasteiger partial charge in [-0.05, 0) is 49.5 Å². The fraction of sp³-hybridized carbons (Fsp3) is 0.500. The van der Waals surface area contributed by atoms with Gasteiger partial charge in [-0.25, -0.2) is 0 Å². The second-order valence-electron chi connectivity index (χ2n) is 5.34. The molecule has 0 aromatic heterocycles. The number of hydrogen-bond donors (Lipinski definition) is 0. The molecular formula is C16H22. The molecule has 1 fully saturated rings. The highest BCUT2D eigenvalue weighted by Gasteiger charge is 2.28. The highest BCUT2D eigenvalue weighted by atomic mass is 14.3. The number of allylic oxidation sites excluding steroid dienone is 2. The van der Waals surface area contributed by atoms with Gasteiger partial charge in [-0.3, -0.25) is 0 Å². The fourth-order valence-corrected chi connectivity index (χ4v) is 2.90. The minimum absolute atomic E-state index is 0.458. The third-order valence-corrected chi connectivity index (χ3v) is 3.97. The summed E-state index contributed by atoms with van der Waals surface area (Å²) in [5.41, 5.74) is 1.99. The first-order valence-electron chi connectivity index (χ1n) is 6.42. The summed E-state index contributed by atoms with van der Waals surface area (Å²) < 4.78 is 0. The zero-order valence-corrected chi connectivity index (χ0v) is 10.4. The van der Waals surface area contributed by atoms with Crippen LogP contribution in [0.2, 0.25) is 0 Å². The van der Waals surface area contributed by atoms with Gasteiger partial charge in [0.15, 0.2) is 0 Å². The molecule has 0 saturated heterocycles. The van der Waals surface area contributed by atoms with Crippen LogP contribution < -0.4 is 0 Å². The Morgan fingerprint density at radius 2 is 1.75 bits per heavy atom. The van der Waals surface area contributed by atoms with Gasteiger partial charge in [0.25, 0.3) is 0 Å². The molecule has 1 aliphatic rings. The average Bonchev–Trinajstić information content (AvgIpc) is 2.31. The van der Waals surface area contributed by atoms with Gasteiger partial charge in [-0.1, -0.05) is 49.4 Å². The van der Waals surface area contributed by atoms with Crippen molar-refractivity contribution in [1.29, 1.82) is 0 Å². The predicted octanol–water partition coefficient (Wildman–Crippen LogP) is 4.93. The van der Waals surface area contributed by atoms with Gasteiger partial charge in [0.1, 0.15) is 0 Å². The molecule has 0 amide bonds. The zero-order valence-electron chi connectivity index (χ0n) is 10.4. The molecule has 16 heavy (non-hydrogen) atoms. The number of hydrogen-bond acceptors (Lipinski definition) is 0. The van der Waals surface area contributed by atoms with Crippen LogP contribution in [0.5, 0.6) is 0 Å². The summed E-state index contributed by atoms with van der Waals surface area (Å²) in [6, 6.07) is 11.0. The van der Waals surface area contributed by atoms with Gasteiger partial charge in [0.05, 0.1) is 0 Å². The summed E-state index contributed by atoms with van der Waals surface area (Å²) in [6.07, 6.45) is 9.95. The second kappa shape index (κ2) is 4.86. The van der Waals surface area contributed by atoms with E-state index in [9.17, 15) is 0 Å². The first-order valence-corrected chi connectivity index (χ1v) is 6.42. The summed E-state index contributed by atoms with van der Waals surface area (Å²) in [4.78, 5) is 0. The van der Waals surface area contributed by atoms with Gasteiger partial charge in [-0.2, -0.15) is 0 Å². The molecule has 0 bridgehead atoms. The minimum atomic E-state index is 0.458. The quantitative estimate of drug-likeness (QED) is 0.612. The minimum Gasteiger partial charge on any atom is -0.0911 e. The highest BCUT2D eigenvalue weighted by molar-refractivity contribution is 5.20. The van der Waals surface area contributed by atoms with Crippen LogP contribution in [-0.2, 0) is 0 Å². The van der Waals surface area contributed by atoms with Crippen molar-refractivity contribution in [1.82, 2.24) is 0 Å². The van der Waals surface area contributed by atoms with E-state index in [1.165, 1.54) is 31.2 Å². The van der Waals surface area contributed by atoms with Crippen molar-refractivity contribution in [3.8, 4) is 0 Å². The Hall–Kier alpha value is -1.04. The van der Waals surface area contributed by atoms with Crippen LogP contribution in [0, 0.1) is 5.41 Å². The number of benzene rings is 1. The normalized spacial score (nSPS) is 30.8. The second-order valence-corrected chi connectivity index (χ2v) is 5.34. The molecule has 1 aromatic rings. The van der Waals surface area contributed by atoms with E-state index in [2.05, 4.69) is 56.3 Å². The molecule has 0 unspecified atom stereocenters. The SMILES string of the molecule is C/C=C/C1(C)CCC(c2ccccc2)CC1. The fourth-order valence-electron chi connectivity index (χ4n) is 2.90. The molecule has 1 aliphatic carbocycles. The third kappa shape index (κ3) is 2.55. The monoisotopic (exact) mass is 214 g/mol. The molecule has 0 radical (unpaired) electrons. The molecule has 2 rings (SSSR count). The van der Waals surface area contributed by atoms with Gasteiger partial charge in [0.2, 0.25) is 0 Å². The van der Waals surface area contributed by atoms with Crippen LogP contribution in [0.25, 0.3) is 0 Å². The van der Waals surface area contributed by atoms with Crippen LogP contribution in [0.15, 0.2) is 42.5 Å². The predicted molar refractivity (Wildman–Crippen MR) is 70.6 cm³/mol. The van der Waals surface area contributed by atoms with Crippen molar-refractivity contribution < 1.29 is 0 Å². The van der Waals surface area contributed by atoms with Crippen molar-refractivity contribution in [3.05, 3.63) is 48.0 Å². The lowest BCUT2D eigenvalue weighted by Gasteiger charge is -2.35. The van der Waals surface area contributed by atoms with Crippen molar-refractivity contribution in [2.24, 2.45) is 5.41 Å². The Morgan fingerprint density at radius 3 is 2.31 bits per heavy atom. The smallest absolute Gasteiger partial charge is 0.0146 e. The summed E-state index contributed by atoms with van der Waals surface area (Å²) in [6.45, 7) is 4.53. The molecule has 0 heteroatoms. The van der Waals surface area contributed by atoms with Crippen molar-refractivity contribution in [3.63, 3.8) is 0 Å². The zero-order chi connectivity index (χ0) is 11.4. The van der Waals surface area contributed by atoms with E-state index >= 15 is 0 Å². The van der Waals surface area contributed by atoms with Gasteiger partial charge in [0, 0.05) is 0 Å². The molecule has 86 valence electrons. The summed E-state index contributed by atoms with van der Waals surface area (Å²) in [5.74, 6) is 0.791. The van der Waals surface area contributed by atoms with Crippen LogP contribution in [-0.4, -0.2) is 0 Å². The lowest BCUT2D eigenvalue weighted by atomic mass is 9.70. The van der Waals surface area contributed by atoms with Crippen LogP contribution >= 0.6 is 0 Å². The first-order chi connectivity index (χ1) is 7.73.